The number of aryl methyl sites for hydroxylation is 1. The third-order valence-electron chi connectivity index (χ3n) is 4.23. The highest BCUT2D eigenvalue weighted by atomic mass is 16.5. The number of methoxy groups -OCH3 is 1. The van der Waals surface area contributed by atoms with E-state index in [4.69, 9.17) is 4.74 Å². The molecule has 0 spiro atoms. The number of hydrogen-bond donors (Lipinski definition) is 2. The summed E-state index contributed by atoms with van der Waals surface area (Å²) in [6.07, 6.45) is 0.343. The molecule has 2 N–H and O–H groups in total. The van der Waals surface area contributed by atoms with E-state index in [9.17, 15) is 19.2 Å². The van der Waals surface area contributed by atoms with Gasteiger partial charge in [-0.1, -0.05) is 19.1 Å². The minimum Gasteiger partial charge on any atom is -0.467 e. The van der Waals surface area contributed by atoms with Gasteiger partial charge in [0.2, 0.25) is 5.91 Å². The van der Waals surface area contributed by atoms with Crippen LogP contribution < -0.4 is 16.6 Å². The molecule has 2 aromatic rings. The van der Waals surface area contributed by atoms with Gasteiger partial charge in [-0.2, -0.15) is 0 Å². The van der Waals surface area contributed by atoms with Gasteiger partial charge in [-0.3, -0.25) is 19.1 Å². The number of para-hydroxylation sites is 1. The van der Waals surface area contributed by atoms with Crippen molar-refractivity contribution in [3.63, 3.8) is 0 Å². The molecule has 0 bridgehead atoms. The van der Waals surface area contributed by atoms with E-state index in [1.54, 1.807) is 38.1 Å². The van der Waals surface area contributed by atoms with E-state index in [0.717, 1.165) is 0 Å². The lowest BCUT2D eigenvalue weighted by molar-refractivity contribution is -0.150. The Kier molecular flexibility index (Phi) is 5.41. The molecule has 0 saturated carbocycles. The van der Waals surface area contributed by atoms with Gasteiger partial charge >= 0.3 is 11.7 Å². The van der Waals surface area contributed by atoms with Crippen molar-refractivity contribution in [1.82, 2.24) is 14.9 Å². The van der Waals surface area contributed by atoms with Crippen LogP contribution in [0.5, 0.6) is 0 Å². The summed E-state index contributed by atoms with van der Waals surface area (Å²) in [5.74, 6) is -0.924. The molecule has 25 heavy (non-hydrogen) atoms. The molecule has 0 fully saturated rings. The Balaban J connectivity index is 2.21. The van der Waals surface area contributed by atoms with Gasteiger partial charge in [-0.15, -0.1) is 0 Å². The summed E-state index contributed by atoms with van der Waals surface area (Å²) in [4.78, 5) is 50.2. The van der Waals surface area contributed by atoms with Crippen LogP contribution in [0.15, 0.2) is 33.9 Å². The molecule has 1 amide bonds. The van der Waals surface area contributed by atoms with Gasteiger partial charge in [-0.05, 0) is 25.5 Å². The summed E-state index contributed by atoms with van der Waals surface area (Å²) < 4.78 is 6.04. The molecule has 1 aromatic carbocycles. The summed E-state index contributed by atoms with van der Waals surface area (Å²) >= 11 is 0. The highest BCUT2D eigenvalue weighted by molar-refractivity contribution is 5.87. The van der Waals surface area contributed by atoms with Crippen molar-refractivity contribution in [3.8, 4) is 0 Å². The molecule has 0 radical (unpaired) electrons. The Morgan fingerprint density at radius 2 is 1.96 bits per heavy atom. The van der Waals surface area contributed by atoms with E-state index in [1.165, 1.54) is 11.7 Å². The molecule has 8 heteroatoms. The summed E-state index contributed by atoms with van der Waals surface area (Å²) in [5, 5.41) is 3.01. The van der Waals surface area contributed by atoms with E-state index >= 15 is 0 Å². The van der Waals surface area contributed by atoms with Gasteiger partial charge in [0, 0.05) is 13.0 Å². The third-order valence-corrected chi connectivity index (χ3v) is 4.23. The first-order valence-electron chi connectivity index (χ1n) is 7.93. The van der Waals surface area contributed by atoms with Crippen LogP contribution in [0.25, 0.3) is 10.9 Å². The van der Waals surface area contributed by atoms with Gasteiger partial charge in [-0.25, -0.2) is 9.59 Å². The number of aromatic amines is 1. The molecule has 0 saturated heterocycles. The van der Waals surface area contributed by atoms with Crippen LogP contribution in [0, 0.1) is 0 Å². The van der Waals surface area contributed by atoms with Crippen molar-refractivity contribution in [1.29, 1.82) is 0 Å². The zero-order valence-corrected chi connectivity index (χ0v) is 14.4. The summed E-state index contributed by atoms with van der Waals surface area (Å²) in [6.45, 7) is 3.42. The molecule has 0 unspecified atom stereocenters. The van der Waals surface area contributed by atoms with Crippen molar-refractivity contribution in [2.75, 3.05) is 7.11 Å². The SMILES string of the molecule is CC[C@](C)(NC(=O)CCn1c(=O)[nH]c(=O)c2ccccc21)C(=O)OC. The minimum atomic E-state index is -1.12. The lowest BCUT2D eigenvalue weighted by atomic mass is 9.99. The van der Waals surface area contributed by atoms with Gasteiger partial charge < -0.3 is 10.1 Å². The fourth-order valence-corrected chi connectivity index (χ4v) is 2.56. The topological polar surface area (TPSA) is 110 Å². The number of aromatic nitrogens is 2. The molecular formula is C17H21N3O5. The number of nitrogens with one attached hydrogen (secondary N) is 2. The van der Waals surface area contributed by atoms with Crippen LogP contribution in [0.2, 0.25) is 0 Å². The molecule has 0 aliphatic heterocycles. The molecule has 0 aliphatic rings. The molecule has 8 nitrogen and oxygen atoms in total. The third kappa shape index (κ3) is 3.78. The lowest BCUT2D eigenvalue weighted by Gasteiger charge is -2.26. The number of rotatable bonds is 6. The number of esters is 1. The second kappa shape index (κ2) is 7.33. The number of benzene rings is 1. The largest absolute Gasteiger partial charge is 0.467 e. The number of carbonyl (C=O) groups excluding carboxylic acids is 2. The number of nitrogens with zero attached hydrogens (tertiary/aromatic N) is 1. The van der Waals surface area contributed by atoms with Crippen molar-refractivity contribution in [2.45, 2.75) is 38.8 Å². The highest BCUT2D eigenvalue weighted by Crippen LogP contribution is 2.12. The first kappa shape index (κ1) is 18.4. The molecule has 1 heterocycles. The maximum absolute atomic E-state index is 12.2. The maximum atomic E-state index is 12.2. The van der Waals surface area contributed by atoms with Crippen LogP contribution in [-0.2, 0) is 20.9 Å². The number of amides is 1. The maximum Gasteiger partial charge on any atom is 0.331 e. The van der Waals surface area contributed by atoms with Gasteiger partial charge in [0.1, 0.15) is 5.54 Å². The van der Waals surface area contributed by atoms with Crippen LogP contribution in [-0.4, -0.2) is 34.1 Å². The van der Waals surface area contributed by atoms with E-state index in [1.807, 2.05) is 0 Å². The molecule has 2 rings (SSSR count). The lowest BCUT2D eigenvalue weighted by Crippen LogP contribution is -2.52. The predicted molar refractivity (Wildman–Crippen MR) is 92.3 cm³/mol. The fraction of sp³-hybridized carbons (Fsp3) is 0.412. The van der Waals surface area contributed by atoms with Crippen molar-refractivity contribution in [3.05, 3.63) is 45.1 Å². The number of H-pyrrole nitrogens is 1. The van der Waals surface area contributed by atoms with Crippen molar-refractivity contribution < 1.29 is 14.3 Å². The highest BCUT2D eigenvalue weighted by Gasteiger charge is 2.33. The van der Waals surface area contributed by atoms with Crippen molar-refractivity contribution in [2.24, 2.45) is 0 Å². The Morgan fingerprint density at radius 1 is 1.28 bits per heavy atom. The van der Waals surface area contributed by atoms with E-state index in [2.05, 4.69) is 10.3 Å². The van der Waals surface area contributed by atoms with Gasteiger partial charge in [0.25, 0.3) is 5.56 Å². The van der Waals surface area contributed by atoms with Crippen LogP contribution in [0.4, 0.5) is 0 Å². The Hall–Kier alpha value is -2.90. The molecular weight excluding hydrogens is 326 g/mol. The summed E-state index contributed by atoms with van der Waals surface area (Å²) in [6, 6.07) is 6.66. The number of carbonyl (C=O) groups is 2. The smallest absolute Gasteiger partial charge is 0.331 e. The summed E-state index contributed by atoms with van der Waals surface area (Å²) in [7, 11) is 1.26. The first-order valence-corrected chi connectivity index (χ1v) is 7.93. The van der Waals surface area contributed by atoms with E-state index < -0.39 is 28.7 Å². The molecule has 1 aromatic heterocycles. The molecule has 0 aliphatic carbocycles. The van der Waals surface area contributed by atoms with Crippen molar-refractivity contribution >= 4 is 22.8 Å². The minimum absolute atomic E-state index is 0.0253. The first-order chi connectivity index (χ1) is 11.8. The van der Waals surface area contributed by atoms with Crippen LogP contribution in [0.3, 0.4) is 0 Å². The van der Waals surface area contributed by atoms with E-state index in [0.29, 0.717) is 17.3 Å². The second-order valence-corrected chi connectivity index (χ2v) is 5.90. The Morgan fingerprint density at radius 3 is 2.60 bits per heavy atom. The number of fused-ring (bicyclic) bond motifs is 1. The molecule has 134 valence electrons. The number of ether oxygens (including phenoxy) is 1. The second-order valence-electron chi connectivity index (χ2n) is 5.90. The average Bonchev–Trinajstić information content (AvgIpc) is 2.60. The Bertz CT molecular complexity index is 914. The van der Waals surface area contributed by atoms with Crippen LogP contribution in [0.1, 0.15) is 26.7 Å². The quantitative estimate of drug-likeness (QED) is 0.741. The average molecular weight is 347 g/mol. The van der Waals surface area contributed by atoms with E-state index in [-0.39, 0.29) is 13.0 Å². The molecule has 1 atom stereocenters. The normalized spacial score (nSPS) is 13.2. The zero-order valence-electron chi connectivity index (χ0n) is 14.4. The fourth-order valence-electron chi connectivity index (χ4n) is 2.56. The Labute approximate surface area is 143 Å². The predicted octanol–water partition coefficient (Wildman–Crippen LogP) is 0.538. The standard InChI is InChI=1S/C17H21N3O5/c1-4-17(2,15(23)25-3)19-13(21)9-10-20-12-8-6-5-7-11(12)14(22)18-16(20)24/h5-8H,4,9-10H2,1-3H3,(H,19,21)(H,18,22,24)/t17-/m0/s1. The van der Waals surface area contributed by atoms with Crippen LogP contribution >= 0.6 is 0 Å². The van der Waals surface area contributed by atoms with Gasteiger partial charge in [0.15, 0.2) is 0 Å². The summed E-state index contributed by atoms with van der Waals surface area (Å²) in [5.41, 5.74) is -1.72. The monoisotopic (exact) mass is 347 g/mol. The zero-order chi connectivity index (χ0) is 18.6. The number of hydrogen-bond acceptors (Lipinski definition) is 5. The van der Waals surface area contributed by atoms with Gasteiger partial charge in [0.05, 0.1) is 18.0 Å².